The Hall–Kier alpha value is -0.740. The van der Waals surface area contributed by atoms with Gasteiger partial charge in [-0.1, -0.05) is 18.0 Å². The lowest BCUT2D eigenvalue weighted by Gasteiger charge is -2.05. The number of unbranched alkanes of at least 4 members (excludes halogenated alkanes) is 2. The monoisotopic (exact) mass is 249 g/mol. The van der Waals surface area contributed by atoms with Crippen LogP contribution < -0.4 is 10.9 Å². The number of hydrogen-bond acceptors (Lipinski definition) is 3. The van der Waals surface area contributed by atoms with E-state index in [0.717, 1.165) is 25.8 Å². The highest BCUT2D eigenvalue weighted by Crippen LogP contribution is 2.11. The van der Waals surface area contributed by atoms with Crippen molar-refractivity contribution in [3.8, 4) is 0 Å². The molecule has 1 aromatic rings. The molecule has 0 saturated heterocycles. The van der Waals surface area contributed by atoms with E-state index in [1.54, 1.807) is 0 Å². The highest BCUT2D eigenvalue weighted by Gasteiger charge is 2.03. The number of aromatic nitrogens is 2. The molecule has 0 unspecified atom stereocenters. The lowest BCUT2D eigenvalue weighted by Crippen LogP contribution is -2.12. The smallest absolute Gasteiger partial charge is 0.271 e. The molecule has 0 aliphatic carbocycles. The van der Waals surface area contributed by atoms with E-state index in [1.807, 2.05) is 0 Å². The largest absolute Gasteiger partial charge is 0.369 e. The van der Waals surface area contributed by atoms with Crippen LogP contribution in [0.25, 0.3) is 0 Å². The molecule has 0 fully saturated rings. The summed E-state index contributed by atoms with van der Waals surface area (Å²) < 4.78 is 0. The van der Waals surface area contributed by atoms with Gasteiger partial charge in [-0.2, -0.15) is 0 Å². The molecule has 0 saturated carbocycles. The molecule has 1 rings (SSSR count). The van der Waals surface area contributed by atoms with Crippen LogP contribution in [0.1, 0.15) is 19.3 Å². The minimum atomic E-state index is -0.324. The first-order valence-corrected chi connectivity index (χ1v) is 5.70. The Labute approximate surface area is 98.0 Å². The van der Waals surface area contributed by atoms with E-state index in [2.05, 4.69) is 15.3 Å². The maximum Gasteiger partial charge on any atom is 0.271 e. The molecular weight excluding hydrogens is 237 g/mol. The average Bonchev–Trinajstić information content (AvgIpc) is 2.24. The minimum absolute atomic E-state index is 0.106. The molecule has 0 atom stereocenters. The summed E-state index contributed by atoms with van der Waals surface area (Å²) in [5.41, 5.74) is -0.324. The van der Waals surface area contributed by atoms with Crippen LogP contribution in [-0.2, 0) is 0 Å². The molecule has 0 aliphatic heterocycles. The first-order valence-electron chi connectivity index (χ1n) is 4.78. The van der Waals surface area contributed by atoms with Crippen molar-refractivity contribution in [2.24, 2.45) is 0 Å². The normalized spacial score (nSPS) is 10.3. The van der Waals surface area contributed by atoms with Gasteiger partial charge >= 0.3 is 0 Å². The highest BCUT2D eigenvalue weighted by molar-refractivity contribution is 6.32. The Balaban J connectivity index is 2.38. The van der Waals surface area contributed by atoms with Crippen molar-refractivity contribution in [1.82, 2.24) is 9.97 Å². The van der Waals surface area contributed by atoms with E-state index in [-0.39, 0.29) is 10.6 Å². The van der Waals surface area contributed by atoms with Crippen LogP contribution in [-0.4, -0.2) is 22.4 Å². The summed E-state index contributed by atoms with van der Waals surface area (Å²) in [6.45, 7) is 0.743. The number of H-pyrrole nitrogens is 1. The van der Waals surface area contributed by atoms with Gasteiger partial charge in [-0.15, -0.1) is 11.6 Å². The van der Waals surface area contributed by atoms with Crippen LogP contribution in [0.15, 0.2) is 11.1 Å². The van der Waals surface area contributed by atoms with Gasteiger partial charge in [-0.05, 0) is 12.8 Å². The number of hydrogen-bond donors (Lipinski definition) is 2. The average molecular weight is 250 g/mol. The second-order valence-electron chi connectivity index (χ2n) is 3.07. The molecule has 6 heteroatoms. The maximum absolute atomic E-state index is 11.1. The molecule has 15 heavy (non-hydrogen) atoms. The lowest BCUT2D eigenvalue weighted by atomic mass is 10.2. The SMILES string of the molecule is O=c1[nH]cnc(NCCCCCCl)c1Cl. The van der Waals surface area contributed by atoms with Gasteiger partial charge < -0.3 is 10.3 Å². The van der Waals surface area contributed by atoms with E-state index in [9.17, 15) is 4.79 Å². The molecule has 2 N–H and O–H groups in total. The van der Waals surface area contributed by atoms with Crippen LogP contribution in [0.5, 0.6) is 0 Å². The summed E-state index contributed by atoms with van der Waals surface area (Å²) in [5, 5.41) is 3.11. The number of rotatable bonds is 6. The highest BCUT2D eigenvalue weighted by atomic mass is 35.5. The lowest BCUT2D eigenvalue weighted by molar-refractivity contribution is 0.745. The zero-order valence-electron chi connectivity index (χ0n) is 8.22. The van der Waals surface area contributed by atoms with E-state index >= 15 is 0 Å². The predicted molar refractivity (Wildman–Crippen MR) is 62.9 cm³/mol. The summed E-state index contributed by atoms with van der Waals surface area (Å²) in [6.07, 6.45) is 4.36. The molecule has 1 heterocycles. The van der Waals surface area contributed by atoms with Gasteiger partial charge in [0.15, 0.2) is 5.82 Å². The Morgan fingerprint density at radius 1 is 1.40 bits per heavy atom. The molecule has 0 bridgehead atoms. The van der Waals surface area contributed by atoms with Crippen molar-refractivity contribution in [3.63, 3.8) is 0 Å². The summed E-state index contributed by atoms with van der Waals surface area (Å²) >= 11 is 11.3. The van der Waals surface area contributed by atoms with Crippen molar-refractivity contribution in [1.29, 1.82) is 0 Å². The second kappa shape index (κ2) is 6.69. The maximum atomic E-state index is 11.1. The fourth-order valence-electron chi connectivity index (χ4n) is 1.11. The number of alkyl halides is 1. The van der Waals surface area contributed by atoms with Crippen molar-refractivity contribution < 1.29 is 0 Å². The van der Waals surface area contributed by atoms with Crippen LogP contribution in [0.4, 0.5) is 5.82 Å². The zero-order valence-corrected chi connectivity index (χ0v) is 9.74. The standard InChI is InChI=1S/C9H13Cl2N3O/c10-4-2-1-3-5-12-8-7(11)9(15)14-6-13-8/h6H,1-5H2,(H2,12,13,14,15). The van der Waals surface area contributed by atoms with Crippen molar-refractivity contribution >= 4 is 29.0 Å². The summed E-state index contributed by atoms with van der Waals surface area (Å²) in [4.78, 5) is 17.4. The fourth-order valence-corrected chi connectivity index (χ4v) is 1.47. The minimum Gasteiger partial charge on any atom is -0.369 e. The van der Waals surface area contributed by atoms with Crippen LogP contribution in [0.3, 0.4) is 0 Å². The third-order valence-corrected chi connectivity index (χ3v) is 2.52. The number of aromatic amines is 1. The first-order chi connectivity index (χ1) is 7.25. The Morgan fingerprint density at radius 2 is 2.20 bits per heavy atom. The van der Waals surface area contributed by atoms with E-state index in [0.29, 0.717) is 11.7 Å². The van der Waals surface area contributed by atoms with Crippen LogP contribution in [0, 0.1) is 0 Å². The fraction of sp³-hybridized carbons (Fsp3) is 0.556. The number of nitrogens with one attached hydrogen (secondary N) is 2. The van der Waals surface area contributed by atoms with Gasteiger partial charge in [-0.25, -0.2) is 4.98 Å². The van der Waals surface area contributed by atoms with E-state index in [4.69, 9.17) is 23.2 Å². The molecule has 0 amide bonds. The van der Waals surface area contributed by atoms with Crippen molar-refractivity contribution in [2.45, 2.75) is 19.3 Å². The van der Waals surface area contributed by atoms with Crippen LogP contribution >= 0.6 is 23.2 Å². The first kappa shape index (κ1) is 12.3. The predicted octanol–water partition coefficient (Wildman–Crippen LogP) is 2.24. The second-order valence-corrected chi connectivity index (χ2v) is 3.83. The molecule has 0 spiro atoms. The molecule has 0 aromatic carbocycles. The quantitative estimate of drug-likeness (QED) is 0.601. The Kier molecular flexibility index (Phi) is 5.50. The molecule has 84 valence electrons. The van der Waals surface area contributed by atoms with Crippen LogP contribution in [0.2, 0.25) is 5.02 Å². The number of halogens is 2. The zero-order chi connectivity index (χ0) is 11.1. The van der Waals surface area contributed by atoms with Gasteiger partial charge in [0.1, 0.15) is 5.02 Å². The third kappa shape index (κ3) is 4.10. The van der Waals surface area contributed by atoms with Gasteiger partial charge in [0, 0.05) is 12.4 Å². The third-order valence-electron chi connectivity index (χ3n) is 1.90. The van der Waals surface area contributed by atoms with Crippen molar-refractivity contribution in [3.05, 3.63) is 21.7 Å². The molecular formula is C9H13Cl2N3O. The van der Waals surface area contributed by atoms with Gasteiger partial charge in [0.05, 0.1) is 6.33 Å². The Morgan fingerprint density at radius 3 is 2.93 bits per heavy atom. The summed E-state index contributed by atoms with van der Waals surface area (Å²) in [7, 11) is 0. The Bertz CT molecular complexity index is 353. The molecule has 0 radical (unpaired) electrons. The molecule has 0 aliphatic rings. The topological polar surface area (TPSA) is 57.8 Å². The molecule has 4 nitrogen and oxygen atoms in total. The van der Waals surface area contributed by atoms with Gasteiger partial charge in [0.25, 0.3) is 5.56 Å². The summed E-state index contributed by atoms with van der Waals surface area (Å²) in [5.74, 6) is 1.12. The van der Waals surface area contributed by atoms with Crippen molar-refractivity contribution in [2.75, 3.05) is 17.7 Å². The number of nitrogens with zero attached hydrogens (tertiary/aromatic N) is 1. The molecule has 1 aromatic heterocycles. The van der Waals surface area contributed by atoms with E-state index in [1.165, 1.54) is 6.33 Å². The van der Waals surface area contributed by atoms with E-state index < -0.39 is 0 Å². The summed E-state index contributed by atoms with van der Waals surface area (Å²) in [6, 6.07) is 0. The van der Waals surface area contributed by atoms with Gasteiger partial charge in [-0.3, -0.25) is 4.79 Å². The van der Waals surface area contributed by atoms with Gasteiger partial charge in [0.2, 0.25) is 0 Å². The number of anilines is 1.